The maximum atomic E-state index is 11.1. The Morgan fingerprint density at radius 2 is 1.87 bits per heavy atom. The lowest BCUT2D eigenvalue weighted by atomic mass is 10.1. The van der Waals surface area contributed by atoms with Gasteiger partial charge in [-0.25, -0.2) is 4.79 Å². The number of rotatable bonds is 5. The predicted octanol–water partition coefficient (Wildman–Crippen LogP) is 0.782. The maximum absolute atomic E-state index is 11.1. The van der Waals surface area contributed by atoms with Crippen LogP contribution in [0.3, 0.4) is 0 Å². The first-order chi connectivity index (χ1) is 6.70. The second-order valence-electron chi connectivity index (χ2n) is 4.59. The van der Waals surface area contributed by atoms with Gasteiger partial charge in [-0.15, -0.1) is 0 Å². The van der Waals surface area contributed by atoms with Gasteiger partial charge < -0.3 is 10.2 Å². The van der Waals surface area contributed by atoms with E-state index in [-0.39, 0.29) is 12.8 Å². The maximum Gasteiger partial charge on any atom is 0.344 e. The minimum atomic E-state index is -0.902. The van der Waals surface area contributed by atoms with Crippen molar-refractivity contribution in [2.45, 2.75) is 58.3 Å². The highest BCUT2D eigenvalue weighted by atomic mass is 17.2. The van der Waals surface area contributed by atoms with Crippen molar-refractivity contribution in [1.82, 2.24) is 0 Å². The molecule has 0 aromatic heterocycles. The standard InChI is InChI=1S/C10H20O5/c1-7(11)5-8(12)6-9(13)14-15-10(2,3)4/h7-8,11-12H,5-6H2,1-4H3. The fourth-order valence-electron chi connectivity index (χ4n) is 0.875. The highest BCUT2D eigenvalue weighted by Gasteiger charge is 2.18. The summed E-state index contributed by atoms with van der Waals surface area (Å²) in [6, 6.07) is 0. The third kappa shape index (κ3) is 9.65. The average Bonchev–Trinajstić information content (AvgIpc) is 1.97. The molecule has 5 nitrogen and oxygen atoms in total. The molecule has 2 N–H and O–H groups in total. The molecule has 0 aromatic carbocycles. The van der Waals surface area contributed by atoms with Crippen molar-refractivity contribution in [1.29, 1.82) is 0 Å². The molecule has 15 heavy (non-hydrogen) atoms. The third-order valence-corrected chi connectivity index (χ3v) is 1.40. The molecule has 0 spiro atoms. The molecule has 0 rings (SSSR count). The molecule has 2 unspecified atom stereocenters. The number of carbonyl (C=O) groups is 1. The fourth-order valence-corrected chi connectivity index (χ4v) is 0.875. The van der Waals surface area contributed by atoms with Crippen molar-refractivity contribution >= 4 is 5.97 Å². The van der Waals surface area contributed by atoms with E-state index in [4.69, 9.17) is 9.99 Å². The van der Waals surface area contributed by atoms with Crippen LogP contribution in [0.15, 0.2) is 0 Å². The van der Waals surface area contributed by atoms with Crippen LogP contribution in [0.25, 0.3) is 0 Å². The Morgan fingerprint density at radius 1 is 1.33 bits per heavy atom. The zero-order chi connectivity index (χ0) is 12.1. The minimum absolute atomic E-state index is 0.143. The van der Waals surface area contributed by atoms with E-state index >= 15 is 0 Å². The SMILES string of the molecule is CC(O)CC(O)CC(=O)OOC(C)(C)C. The Hall–Kier alpha value is -0.650. The van der Waals surface area contributed by atoms with Gasteiger partial charge >= 0.3 is 5.97 Å². The van der Waals surface area contributed by atoms with E-state index in [1.54, 1.807) is 27.7 Å². The molecule has 0 aliphatic carbocycles. The summed E-state index contributed by atoms with van der Waals surface area (Å²) in [5.74, 6) is -0.641. The van der Waals surface area contributed by atoms with E-state index in [2.05, 4.69) is 4.89 Å². The van der Waals surface area contributed by atoms with Gasteiger partial charge in [0, 0.05) is 0 Å². The zero-order valence-electron chi connectivity index (χ0n) is 9.69. The number of carbonyl (C=O) groups excluding carboxylic acids is 1. The first-order valence-corrected chi connectivity index (χ1v) is 4.95. The molecule has 0 amide bonds. The van der Waals surface area contributed by atoms with Crippen LogP contribution in [0.4, 0.5) is 0 Å². The van der Waals surface area contributed by atoms with Crippen molar-refractivity contribution in [3.63, 3.8) is 0 Å². The van der Waals surface area contributed by atoms with Crippen LogP contribution in [0, 0.1) is 0 Å². The fraction of sp³-hybridized carbons (Fsp3) is 0.900. The van der Waals surface area contributed by atoms with Crippen molar-refractivity contribution in [2.75, 3.05) is 0 Å². The lowest BCUT2D eigenvalue weighted by Crippen LogP contribution is -2.25. The van der Waals surface area contributed by atoms with Gasteiger partial charge in [-0.2, -0.15) is 4.89 Å². The van der Waals surface area contributed by atoms with E-state index in [1.807, 2.05) is 0 Å². The molecule has 0 saturated carbocycles. The summed E-state index contributed by atoms with van der Waals surface area (Å²) in [7, 11) is 0. The molecule has 0 aromatic rings. The lowest BCUT2D eigenvalue weighted by Gasteiger charge is -2.17. The third-order valence-electron chi connectivity index (χ3n) is 1.40. The van der Waals surface area contributed by atoms with Gasteiger partial charge in [0.1, 0.15) is 5.60 Å². The molecule has 2 atom stereocenters. The molecule has 0 aliphatic rings. The molecule has 0 fully saturated rings. The van der Waals surface area contributed by atoms with E-state index < -0.39 is 23.8 Å². The van der Waals surface area contributed by atoms with E-state index in [0.29, 0.717) is 0 Å². The second-order valence-corrected chi connectivity index (χ2v) is 4.59. The molecule has 90 valence electrons. The van der Waals surface area contributed by atoms with Gasteiger partial charge in [-0.05, 0) is 34.1 Å². The van der Waals surface area contributed by atoms with Gasteiger partial charge in [0.25, 0.3) is 0 Å². The van der Waals surface area contributed by atoms with E-state index in [0.717, 1.165) is 0 Å². The number of aliphatic hydroxyl groups excluding tert-OH is 2. The van der Waals surface area contributed by atoms with Crippen LogP contribution < -0.4 is 0 Å². The van der Waals surface area contributed by atoms with Crippen LogP contribution in [0.1, 0.15) is 40.5 Å². The first-order valence-electron chi connectivity index (χ1n) is 4.95. The van der Waals surface area contributed by atoms with Crippen LogP contribution in [0.5, 0.6) is 0 Å². The molecule has 0 radical (unpaired) electrons. The van der Waals surface area contributed by atoms with Crippen molar-refractivity contribution < 1.29 is 24.8 Å². The summed E-state index contributed by atoms with van der Waals surface area (Å²) in [5, 5.41) is 18.3. The molecule has 5 heteroatoms. The largest absolute Gasteiger partial charge is 0.393 e. The van der Waals surface area contributed by atoms with Crippen LogP contribution in [-0.2, 0) is 14.6 Å². The second kappa shape index (κ2) is 6.05. The average molecular weight is 220 g/mol. The summed E-state index contributed by atoms with van der Waals surface area (Å²) < 4.78 is 0. The number of aliphatic hydroxyl groups is 2. The number of hydrogen-bond acceptors (Lipinski definition) is 5. The topological polar surface area (TPSA) is 76.0 Å². The summed E-state index contributed by atoms with van der Waals surface area (Å²) >= 11 is 0. The summed E-state index contributed by atoms with van der Waals surface area (Å²) in [4.78, 5) is 20.3. The molecule has 0 aliphatic heterocycles. The summed E-state index contributed by atoms with van der Waals surface area (Å²) in [6.07, 6.45) is -1.58. The smallest absolute Gasteiger partial charge is 0.344 e. The van der Waals surface area contributed by atoms with Gasteiger partial charge in [-0.3, -0.25) is 4.89 Å². The number of hydrogen-bond donors (Lipinski definition) is 2. The van der Waals surface area contributed by atoms with Gasteiger partial charge in [0.2, 0.25) is 0 Å². The Balaban J connectivity index is 3.74. The van der Waals surface area contributed by atoms with E-state index in [1.165, 1.54) is 0 Å². The van der Waals surface area contributed by atoms with Crippen molar-refractivity contribution in [3.8, 4) is 0 Å². The zero-order valence-corrected chi connectivity index (χ0v) is 9.69. The minimum Gasteiger partial charge on any atom is -0.393 e. The Morgan fingerprint density at radius 3 is 2.27 bits per heavy atom. The molecule has 0 bridgehead atoms. The highest BCUT2D eigenvalue weighted by molar-refractivity contribution is 5.69. The van der Waals surface area contributed by atoms with E-state index in [9.17, 15) is 9.90 Å². The van der Waals surface area contributed by atoms with Crippen LogP contribution in [0.2, 0.25) is 0 Å². The summed E-state index contributed by atoms with van der Waals surface area (Å²) in [5.41, 5.74) is -0.565. The quantitative estimate of drug-likeness (QED) is 0.529. The van der Waals surface area contributed by atoms with Gasteiger partial charge in [0.15, 0.2) is 0 Å². The predicted molar refractivity (Wildman–Crippen MR) is 53.9 cm³/mol. The van der Waals surface area contributed by atoms with Crippen molar-refractivity contribution in [2.24, 2.45) is 0 Å². The van der Waals surface area contributed by atoms with Gasteiger partial charge in [-0.1, -0.05) is 0 Å². The normalized spacial score (nSPS) is 15.9. The highest BCUT2D eigenvalue weighted by Crippen LogP contribution is 2.09. The lowest BCUT2D eigenvalue weighted by molar-refractivity contribution is -0.321. The molecule has 0 heterocycles. The molecular formula is C10H20O5. The molecule has 0 saturated heterocycles. The Bertz CT molecular complexity index is 194. The Labute approximate surface area is 89.9 Å². The van der Waals surface area contributed by atoms with Crippen LogP contribution in [-0.4, -0.2) is 34.0 Å². The van der Waals surface area contributed by atoms with Gasteiger partial charge in [0.05, 0.1) is 18.6 Å². The van der Waals surface area contributed by atoms with Crippen molar-refractivity contribution in [3.05, 3.63) is 0 Å². The van der Waals surface area contributed by atoms with Crippen LogP contribution >= 0.6 is 0 Å². The Kier molecular flexibility index (Phi) is 5.79. The first kappa shape index (κ1) is 14.3. The monoisotopic (exact) mass is 220 g/mol. The molecular weight excluding hydrogens is 200 g/mol. The summed E-state index contributed by atoms with van der Waals surface area (Å²) in [6.45, 7) is 6.77.